The van der Waals surface area contributed by atoms with Crippen LogP contribution in [0.15, 0.2) is 12.3 Å². The Morgan fingerprint density at radius 3 is 3.00 bits per heavy atom. The molecule has 94 valence electrons. The van der Waals surface area contributed by atoms with Crippen molar-refractivity contribution in [2.75, 3.05) is 12.3 Å². The second-order valence-electron chi connectivity index (χ2n) is 4.58. The lowest BCUT2D eigenvalue weighted by Gasteiger charge is -2.20. The van der Waals surface area contributed by atoms with Gasteiger partial charge in [-0.3, -0.25) is 4.79 Å². The number of rotatable bonds is 3. The molecule has 2 rings (SSSR count). The predicted octanol–water partition coefficient (Wildman–Crippen LogP) is 0.905. The first-order valence-electron chi connectivity index (χ1n) is 5.92. The highest BCUT2D eigenvalue weighted by atomic mass is 16.5. The molecule has 17 heavy (non-hydrogen) atoms. The van der Waals surface area contributed by atoms with Gasteiger partial charge in [-0.2, -0.15) is 0 Å². The summed E-state index contributed by atoms with van der Waals surface area (Å²) in [5, 5.41) is 2.95. The van der Waals surface area contributed by atoms with Gasteiger partial charge < -0.3 is 20.4 Å². The van der Waals surface area contributed by atoms with Crippen molar-refractivity contribution in [2.45, 2.75) is 31.9 Å². The van der Waals surface area contributed by atoms with Crippen LogP contribution in [-0.2, 0) is 11.8 Å². The molecule has 1 aromatic rings. The highest BCUT2D eigenvalue weighted by molar-refractivity contribution is 5.94. The Kier molecular flexibility index (Phi) is 3.38. The third-order valence-corrected chi connectivity index (χ3v) is 3.14. The van der Waals surface area contributed by atoms with Crippen LogP contribution in [0.1, 0.15) is 30.3 Å². The molecule has 3 N–H and O–H groups in total. The van der Waals surface area contributed by atoms with Crippen molar-refractivity contribution in [3.8, 4) is 0 Å². The van der Waals surface area contributed by atoms with Crippen molar-refractivity contribution < 1.29 is 9.53 Å². The minimum absolute atomic E-state index is 0.0288. The van der Waals surface area contributed by atoms with E-state index in [0.29, 0.717) is 11.4 Å². The summed E-state index contributed by atoms with van der Waals surface area (Å²) >= 11 is 0. The fourth-order valence-electron chi connectivity index (χ4n) is 2.19. The topological polar surface area (TPSA) is 69.3 Å². The predicted molar refractivity (Wildman–Crippen MR) is 65.7 cm³/mol. The van der Waals surface area contributed by atoms with Gasteiger partial charge in [-0.15, -0.1) is 0 Å². The first kappa shape index (κ1) is 12.0. The number of ether oxygens (including phenoxy) is 1. The lowest BCUT2D eigenvalue weighted by atomic mass is 10.1. The van der Waals surface area contributed by atoms with E-state index in [1.165, 1.54) is 0 Å². The minimum Gasteiger partial charge on any atom is -0.397 e. The van der Waals surface area contributed by atoms with Crippen molar-refractivity contribution in [2.24, 2.45) is 7.05 Å². The molecule has 0 spiro atoms. The van der Waals surface area contributed by atoms with Gasteiger partial charge in [-0.05, 0) is 25.8 Å². The summed E-state index contributed by atoms with van der Waals surface area (Å²) in [7, 11) is 1.81. The summed E-state index contributed by atoms with van der Waals surface area (Å²) in [5.41, 5.74) is 6.82. The third-order valence-electron chi connectivity index (χ3n) is 3.14. The van der Waals surface area contributed by atoms with E-state index in [1.54, 1.807) is 16.8 Å². The number of nitrogens with zero attached hydrogens (tertiary/aromatic N) is 1. The van der Waals surface area contributed by atoms with Crippen molar-refractivity contribution in [3.63, 3.8) is 0 Å². The lowest BCUT2D eigenvalue weighted by Crippen LogP contribution is -2.41. The van der Waals surface area contributed by atoms with E-state index >= 15 is 0 Å². The molecule has 1 amide bonds. The van der Waals surface area contributed by atoms with Crippen LogP contribution in [0.2, 0.25) is 0 Å². The molecule has 2 unspecified atom stereocenters. The molecule has 0 saturated carbocycles. The van der Waals surface area contributed by atoms with E-state index in [-0.39, 0.29) is 18.1 Å². The van der Waals surface area contributed by atoms with E-state index in [2.05, 4.69) is 5.32 Å². The first-order chi connectivity index (χ1) is 8.08. The van der Waals surface area contributed by atoms with Gasteiger partial charge in [0.05, 0.1) is 17.8 Å². The van der Waals surface area contributed by atoms with Crippen molar-refractivity contribution in [1.82, 2.24) is 9.88 Å². The van der Waals surface area contributed by atoms with Gasteiger partial charge in [0.1, 0.15) is 5.69 Å². The number of nitrogens with two attached hydrogens (primary N) is 1. The number of aryl methyl sites for hydroxylation is 1. The number of carbonyl (C=O) groups is 1. The Balaban J connectivity index is 1.98. The monoisotopic (exact) mass is 237 g/mol. The zero-order valence-corrected chi connectivity index (χ0v) is 10.3. The van der Waals surface area contributed by atoms with Crippen molar-refractivity contribution >= 4 is 11.6 Å². The van der Waals surface area contributed by atoms with Gasteiger partial charge in [-0.25, -0.2) is 0 Å². The van der Waals surface area contributed by atoms with Crippen LogP contribution in [0.4, 0.5) is 5.69 Å². The molecule has 1 saturated heterocycles. The molecule has 2 heterocycles. The van der Waals surface area contributed by atoms with Crippen LogP contribution in [-0.4, -0.2) is 29.2 Å². The van der Waals surface area contributed by atoms with E-state index in [9.17, 15) is 4.79 Å². The molecule has 5 heteroatoms. The molecule has 0 radical (unpaired) electrons. The van der Waals surface area contributed by atoms with Gasteiger partial charge >= 0.3 is 0 Å². The number of hydrogen-bond donors (Lipinski definition) is 2. The van der Waals surface area contributed by atoms with Gasteiger partial charge in [0.2, 0.25) is 0 Å². The van der Waals surface area contributed by atoms with Crippen molar-refractivity contribution in [1.29, 1.82) is 0 Å². The van der Waals surface area contributed by atoms with E-state index in [1.807, 2.05) is 14.0 Å². The fourth-order valence-corrected chi connectivity index (χ4v) is 2.19. The maximum atomic E-state index is 12.0. The number of nitrogen functional groups attached to an aromatic ring is 1. The Labute approximate surface area is 101 Å². The van der Waals surface area contributed by atoms with Crippen LogP contribution in [0, 0.1) is 0 Å². The minimum atomic E-state index is -0.104. The number of carbonyl (C=O) groups excluding carboxylic acids is 1. The normalized spacial score (nSPS) is 21.4. The molecule has 1 aliphatic heterocycles. The van der Waals surface area contributed by atoms with Crippen LogP contribution in [0.3, 0.4) is 0 Å². The summed E-state index contributed by atoms with van der Waals surface area (Å²) in [6, 6.07) is 1.71. The molecule has 5 nitrogen and oxygen atoms in total. The van der Waals surface area contributed by atoms with Crippen LogP contribution < -0.4 is 11.1 Å². The van der Waals surface area contributed by atoms with Gasteiger partial charge in [0, 0.05) is 19.9 Å². The quantitative estimate of drug-likeness (QED) is 0.820. The zero-order chi connectivity index (χ0) is 12.4. The van der Waals surface area contributed by atoms with Gasteiger partial charge in [0.25, 0.3) is 5.91 Å². The summed E-state index contributed by atoms with van der Waals surface area (Å²) in [5.74, 6) is -0.104. The highest BCUT2D eigenvalue weighted by Gasteiger charge is 2.24. The molecule has 0 bridgehead atoms. The maximum absolute atomic E-state index is 12.0. The summed E-state index contributed by atoms with van der Waals surface area (Å²) < 4.78 is 7.27. The molecular weight excluding hydrogens is 218 g/mol. The number of amides is 1. The number of nitrogens with one attached hydrogen (secondary N) is 1. The average molecular weight is 237 g/mol. The number of hydrogen-bond acceptors (Lipinski definition) is 3. The molecule has 1 aromatic heterocycles. The lowest BCUT2D eigenvalue weighted by molar-refractivity contribution is 0.0707. The third kappa shape index (κ3) is 2.61. The van der Waals surface area contributed by atoms with Crippen LogP contribution in [0.5, 0.6) is 0 Å². The largest absolute Gasteiger partial charge is 0.397 e. The molecular formula is C12H19N3O2. The summed E-state index contributed by atoms with van der Waals surface area (Å²) in [4.78, 5) is 12.0. The Hall–Kier alpha value is -1.49. The molecule has 0 aliphatic carbocycles. The number of aromatic nitrogens is 1. The van der Waals surface area contributed by atoms with Crippen LogP contribution >= 0.6 is 0 Å². The second kappa shape index (κ2) is 4.79. The fraction of sp³-hybridized carbons (Fsp3) is 0.583. The average Bonchev–Trinajstić information content (AvgIpc) is 2.87. The zero-order valence-electron chi connectivity index (χ0n) is 10.3. The first-order valence-corrected chi connectivity index (χ1v) is 5.92. The summed E-state index contributed by atoms with van der Waals surface area (Å²) in [6.45, 7) is 2.77. The van der Waals surface area contributed by atoms with E-state index in [0.717, 1.165) is 19.4 Å². The van der Waals surface area contributed by atoms with Crippen LogP contribution in [0.25, 0.3) is 0 Å². The van der Waals surface area contributed by atoms with E-state index < -0.39 is 0 Å². The number of anilines is 1. The standard InChI is InChI=1S/C12H19N3O2/c1-8(11-4-3-5-17-11)14-12(16)10-6-9(13)7-15(10)2/h6-8,11H,3-5,13H2,1-2H3,(H,14,16). The molecule has 1 aliphatic rings. The van der Waals surface area contributed by atoms with E-state index in [4.69, 9.17) is 10.5 Å². The Morgan fingerprint density at radius 2 is 2.47 bits per heavy atom. The SMILES string of the molecule is CC(NC(=O)c1cc(N)cn1C)C1CCCO1. The van der Waals surface area contributed by atoms with Gasteiger partial charge in [0.15, 0.2) is 0 Å². The summed E-state index contributed by atoms with van der Waals surface area (Å²) in [6.07, 6.45) is 3.95. The van der Waals surface area contributed by atoms with Crippen molar-refractivity contribution in [3.05, 3.63) is 18.0 Å². The maximum Gasteiger partial charge on any atom is 0.268 e. The molecule has 1 fully saturated rings. The van der Waals surface area contributed by atoms with Gasteiger partial charge in [-0.1, -0.05) is 0 Å². The molecule has 0 aromatic carbocycles. The second-order valence-corrected chi connectivity index (χ2v) is 4.58. The smallest absolute Gasteiger partial charge is 0.268 e. The Bertz CT molecular complexity index is 408. The molecule has 2 atom stereocenters. The highest BCUT2D eigenvalue weighted by Crippen LogP contribution is 2.16. The Morgan fingerprint density at radius 1 is 1.71 bits per heavy atom.